The van der Waals surface area contributed by atoms with Crippen molar-refractivity contribution in [1.82, 2.24) is 0 Å². The number of fused-ring (bicyclic) bond motifs is 3. The van der Waals surface area contributed by atoms with E-state index in [1.165, 1.54) is 18.2 Å². The maximum Gasteiger partial charge on any atom is 0.238 e. The highest BCUT2D eigenvalue weighted by Gasteiger charge is 2.38. The van der Waals surface area contributed by atoms with Gasteiger partial charge in [-0.3, -0.25) is 0 Å². The Morgan fingerprint density at radius 2 is 1.88 bits per heavy atom. The summed E-state index contributed by atoms with van der Waals surface area (Å²) in [4.78, 5) is 0.127. The van der Waals surface area contributed by atoms with E-state index < -0.39 is 10.0 Å². The summed E-state index contributed by atoms with van der Waals surface area (Å²) in [7, 11) is -3.73. The number of benzene rings is 2. The van der Waals surface area contributed by atoms with Gasteiger partial charge in [-0.1, -0.05) is 24.3 Å². The quantitative estimate of drug-likeness (QED) is 0.821. The normalized spacial score (nSPS) is 25.0. The largest absolute Gasteiger partial charge is 0.378 e. The van der Waals surface area contributed by atoms with Gasteiger partial charge in [0, 0.05) is 11.6 Å². The number of allylic oxidation sites excluding steroid dienone is 2. The standard InChI is InChI=1S/C18H17FN2O2S/c19-12-6-4-11(5-7-12)18-15-3-1-2-14(15)16-10-13(24(20,22)23)8-9-17(16)21-18/h1-2,4-10,14-15,18,21H,3H2,(H2,20,22,23)/t14-,15-,18+/m0/s1. The number of hydrogen-bond acceptors (Lipinski definition) is 3. The molecule has 2 aliphatic rings. The van der Waals surface area contributed by atoms with Crippen LogP contribution in [0.5, 0.6) is 0 Å². The van der Waals surface area contributed by atoms with Crippen molar-refractivity contribution in [1.29, 1.82) is 0 Å². The van der Waals surface area contributed by atoms with E-state index in [0.717, 1.165) is 23.2 Å². The Kier molecular flexibility index (Phi) is 3.47. The minimum absolute atomic E-state index is 0.0541. The highest BCUT2D eigenvalue weighted by Crippen LogP contribution is 2.50. The summed E-state index contributed by atoms with van der Waals surface area (Å²) in [6.45, 7) is 0. The number of nitrogens with one attached hydrogen (secondary N) is 1. The molecule has 0 radical (unpaired) electrons. The van der Waals surface area contributed by atoms with Crippen LogP contribution < -0.4 is 10.5 Å². The summed E-state index contributed by atoms with van der Waals surface area (Å²) in [5.74, 6) is 0.130. The monoisotopic (exact) mass is 344 g/mol. The van der Waals surface area contributed by atoms with Gasteiger partial charge in [0.2, 0.25) is 10.0 Å². The molecule has 0 bridgehead atoms. The van der Waals surface area contributed by atoms with Crippen molar-refractivity contribution in [2.45, 2.75) is 23.3 Å². The molecule has 0 unspecified atom stereocenters. The van der Waals surface area contributed by atoms with Gasteiger partial charge in [-0.2, -0.15) is 0 Å². The summed E-state index contributed by atoms with van der Waals surface area (Å²) in [6.07, 6.45) is 5.12. The third-order valence-electron chi connectivity index (χ3n) is 4.89. The fourth-order valence-electron chi connectivity index (χ4n) is 3.75. The summed E-state index contributed by atoms with van der Waals surface area (Å²) in [5, 5.41) is 8.74. The summed E-state index contributed by atoms with van der Waals surface area (Å²) in [6, 6.07) is 11.5. The van der Waals surface area contributed by atoms with Crippen LogP contribution in [0.15, 0.2) is 59.5 Å². The lowest BCUT2D eigenvalue weighted by atomic mass is 9.77. The Labute approximate surface area is 140 Å². The molecular weight excluding hydrogens is 327 g/mol. The Bertz CT molecular complexity index is 923. The first kappa shape index (κ1) is 15.4. The van der Waals surface area contributed by atoms with Gasteiger partial charge in [-0.25, -0.2) is 17.9 Å². The van der Waals surface area contributed by atoms with Crippen molar-refractivity contribution in [3.8, 4) is 0 Å². The van der Waals surface area contributed by atoms with E-state index in [1.807, 2.05) is 0 Å². The topological polar surface area (TPSA) is 72.2 Å². The van der Waals surface area contributed by atoms with Crippen LogP contribution in [0, 0.1) is 11.7 Å². The number of anilines is 1. The fraction of sp³-hybridized carbons (Fsp3) is 0.222. The van der Waals surface area contributed by atoms with E-state index in [0.29, 0.717) is 0 Å². The molecule has 1 aliphatic carbocycles. The molecule has 4 rings (SSSR count). The van der Waals surface area contributed by atoms with Gasteiger partial charge >= 0.3 is 0 Å². The van der Waals surface area contributed by atoms with E-state index in [-0.39, 0.29) is 28.6 Å². The summed E-state index contributed by atoms with van der Waals surface area (Å²) >= 11 is 0. The Morgan fingerprint density at radius 1 is 1.12 bits per heavy atom. The van der Waals surface area contributed by atoms with E-state index in [1.54, 1.807) is 24.3 Å². The van der Waals surface area contributed by atoms with Crippen molar-refractivity contribution in [2.24, 2.45) is 11.1 Å². The number of hydrogen-bond donors (Lipinski definition) is 2. The van der Waals surface area contributed by atoms with Crippen molar-refractivity contribution in [2.75, 3.05) is 5.32 Å². The maximum absolute atomic E-state index is 13.2. The van der Waals surface area contributed by atoms with Crippen LogP contribution in [-0.2, 0) is 10.0 Å². The minimum Gasteiger partial charge on any atom is -0.378 e. The molecule has 4 nitrogen and oxygen atoms in total. The second kappa shape index (κ2) is 5.43. The highest BCUT2D eigenvalue weighted by molar-refractivity contribution is 7.89. The number of rotatable bonds is 2. The zero-order valence-corrected chi connectivity index (χ0v) is 13.6. The maximum atomic E-state index is 13.2. The lowest BCUT2D eigenvalue weighted by molar-refractivity contribution is 0.424. The van der Waals surface area contributed by atoms with Crippen LogP contribution in [0.1, 0.15) is 29.5 Å². The molecule has 2 aromatic rings. The van der Waals surface area contributed by atoms with Crippen molar-refractivity contribution < 1.29 is 12.8 Å². The molecule has 24 heavy (non-hydrogen) atoms. The average molecular weight is 344 g/mol. The Balaban J connectivity index is 1.79. The smallest absolute Gasteiger partial charge is 0.238 e. The number of primary sulfonamides is 1. The third kappa shape index (κ3) is 2.52. The highest BCUT2D eigenvalue weighted by atomic mass is 32.2. The van der Waals surface area contributed by atoms with E-state index in [2.05, 4.69) is 17.5 Å². The molecular formula is C18H17FN2O2S. The third-order valence-corrected chi connectivity index (χ3v) is 5.80. The zero-order chi connectivity index (χ0) is 16.9. The van der Waals surface area contributed by atoms with Crippen LogP contribution in [0.4, 0.5) is 10.1 Å². The first-order valence-corrected chi connectivity index (χ1v) is 9.33. The van der Waals surface area contributed by atoms with E-state index in [9.17, 15) is 12.8 Å². The molecule has 0 saturated carbocycles. The molecule has 1 aliphatic heterocycles. The zero-order valence-electron chi connectivity index (χ0n) is 12.8. The summed E-state index contributed by atoms with van der Waals surface area (Å²) in [5.41, 5.74) is 2.86. The predicted octanol–water partition coefficient (Wildman–Crippen LogP) is 3.30. The van der Waals surface area contributed by atoms with Crippen LogP contribution >= 0.6 is 0 Å². The molecule has 0 fully saturated rings. The fourth-order valence-corrected chi connectivity index (χ4v) is 4.30. The average Bonchev–Trinajstić information content (AvgIpc) is 3.03. The van der Waals surface area contributed by atoms with Gasteiger partial charge in [0.15, 0.2) is 0 Å². The molecule has 3 N–H and O–H groups in total. The minimum atomic E-state index is -3.73. The Hall–Kier alpha value is -2.18. The van der Waals surface area contributed by atoms with Crippen LogP contribution in [0.3, 0.4) is 0 Å². The molecule has 6 heteroatoms. The van der Waals surface area contributed by atoms with Gasteiger partial charge in [0.05, 0.1) is 10.9 Å². The second-order valence-corrected chi connectivity index (χ2v) is 7.88. The van der Waals surface area contributed by atoms with Gasteiger partial charge in [-0.15, -0.1) is 0 Å². The molecule has 0 spiro atoms. The van der Waals surface area contributed by atoms with Crippen LogP contribution in [0.2, 0.25) is 0 Å². The molecule has 3 atom stereocenters. The SMILES string of the molecule is NS(=O)(=O)c1ccc2c(c1)[C@H]1C=CC[C@@H]1[C@@H](c1ccc(F)cc1)N2. The molecule has 0 aromatic heterocycles. The summed E-state index contributed by atoms with van der Waals surface area (Å²) < 4.78 is 36.5. The van der Waals surface area contributed by atoms with Crippen LogP contribution in [0.25, 0.3) is 0 Å². The van der Waals surface area contributed by atoms with Crippen molar-refractivity contribution in [3.05, 3.63) is 71.6 Å². The predicted molar refractivity (Wildman–Crippen MR) is 90.6 cm³/mol. The number of nitrogens with two attached hydrogens (primary N) is 1. The Morgan fingerprint density at radius 3 is 2.58 bits per heavy atom. The second-order valence-electron chi connectivity index (χ2n) is 6.32. The van der Waals surface area contributed by atoms with E-state index in [4.69, 9.17) is 5.14 Å². The lowest BCUT2D eigenvalue weighted by Crippen LogP contribution is -2.29. The lowest BCUT2D eigenvalue weighted by Gasteiger charge is -2.37. The number of halogens is 1. The first-order valence-electron chi connectivity index (χ1n) is 7.79. The van der Waals surface area contributed by atoms with Gasteiger partial charge in [-0.05, 0) is 53.8 Å². The van der Waals surface area contributed by atoms with E-state index >= 15 is 0 Å². The van der Waals surface area contributed by atoms with Gasteiger partial charge in [0.25, 0.3) is 0 Å². The molecule has 0 saturated heterocycles. The number of sulfonamides is 1. The van der Waals surface area contributed by atoms with Crippen molar-refractivity contribution in [3.63, 3.8) is 0 Å². The first-order chi connectivity index (χ1) is 11.4. The van der Waals surface area contributed by atoms with Gasteiger partial charge < -0.3 is 5.32 Å². The molecule has 0 amide bonds. The van der Waals surface area contributed by atoms with Gasteiger partial charge in [0.1, 0.15) is 5.82 Å². The van der Waals surface area contributed by atoms with Crippen molar-refractivity contribution >= 4 is 15.7 Å². The molecule has 124 valence electrons. The van der Waals surface area contributed by atoms with Crippen LogP contribution in [-0.4, -0.2) is 8.42 Å². The molecule has 1 heterocycles. The molecule has 2 aromatic carbocycles.